The van der Waals surface area contributed by atoms with Crippen molar-refractivity contribution in [1.82, 2.24) is 0 Å². The molecule has 0 amide bonds. The first-order valence-corrected chi connectivity index (χ1v) is 6.57. The monoisotopic (exact) mass is 236 g/mol. The average molecular weight is 236 g/mol. The highest BCUT2D eigenvalue weighted by atomic mass is 32.2. The van der Waals surface area contributed by atoms with Crippen molar-refractivity contribution >= 4 is 16.9 Å². The molecule has 1 heterocycles. The average Bonchev–Trinajstić information content (AvgIpc) is 2.29. The zero-order chi connectivity index (χ0) is 11.4. The van der Waals surface area contributed by atoms with E-state index in [1.165, 1.54) is 17.3 Å². The van der Waals surface area contributed by atoms with Crippen LogP contribution < -0.4 is 4.74 Å². The number of carbonyl (C=O) groups is 1. The molecule has 16 heavy (non-hydrogen) atoms. The van der Waals surface area contributed by atoms with Crippen LogP contribution in [0.3, 0.4) is 0 Å². The Labute approximate surface area is 100 Å². The Morgan fingerprint density at radius 2 is 2.38 bits per heavy atom. The zero-order valence-electron chi connectivity index (χ0n) is 9.49. The molecule has 86 valence electrons. The molecule has 0 spiro atoms. The minimum Gasteiger partial charge on any atom is -0.493 e. The maximum Gasteiger partial charge on any atom is 0.193 e. The lowest BCUT2D eigenvalue weighted by Crippen LogP contribution is -2.08. The third-order valence-corrected chi connectivity index (χ3v) is 3.49. The van der Waals surface area contributed by atoms with E-state index in [9.17, 15) is 4.79 Å². The molecule has 1 aliphatic heterocycles. The van der Waals surface area contributed by atoms with Gasteiger partial charge in [-0.05, 0) is 43.0 Å². The fourth-order valence-corrected chi connectivity index (χ4v) is 2.69. The van der Waals surface area contributed by atoms with E-state index in [-0.39, 0.29) is 5.12 Å². The molecular weight excluding hydrogens is 220 g/mol. The highest BCUT2D eigenvalue weighted by molar-refractivity contribution is 8.13. The van der Waals surface area contributed by atoms with Crippen LogP contribution in [0.2, 0.25) is 0 Å². The van der Waals surface area contributed by atoms with Gasteiger partial charge in [0.25, 0.3) is 0 Å². The van der Waals surface area contributed by atoms with Crippen LogP contribution >= 0.6 is 11.8 Å². The SMILES string of the molecule is CCCC(=O)Sc1ccc2c(c1)CCCO2. The predicted molar refractivity (Wildman–Crippen MR) is 66.0 cm³/mol. The van der Waals surface area contributed by atoms with Gasteiger partial charge in [-0.3, -0.25) is 4.79 Å². The van der Waals surface area contributed by atoms with Crippen LogP contribution in [0.25, 0.3) is 0 Å². The van der Waals surface area contributed by atoms with Crippen LogP contribution in [-0.4, -0.2) is 11.7 Å². The highest BCUT2D eigenvalue weighted by Crippen LogP contribution is 2.30. The van der Waals surface area contributed by atoms with E-state index in [2.05, 4.69) is 6.07 Å². The fourth-order valence-electron chi connectivity index (χ4n) is 1.79. The quantitative estimate of drug-likeness (QED) is 0.752. The molecule has 0 saturated carbocycles. The van der Waals surface area contributed by atoms with Crippen molar-refractivity contribution in [3.05, 3.63) is 23.8 Å². The van der Waals surface area contributed by atoms with Gasteiger partial charge in [-0.25, -0.2) is 0 Å². The van der Waals surface area contributed by atoms with Crippen molar-refractivity contribution in [3.63, 3.8) is 0 Å². The lowest BCUT2D eigenvalue weighted by atomic mass is 10.1. The summed E-state index contributed by atoms with van der Waals surface area (Å²) in [5.74, 6) is 0.985. The minimum atomic E-state index is 0.249. The second kappa shape index (κ2) is 5.39. The molecular formula is C13H16O2S. The number of fused-ring (bicyclic) bond motifs is 1. The van der Waals surface area contributed by atoms with Gasteiger partial charge in [0.1, 0.15) is 5.75 Å². The third kappa shape index (κ3) is 2.79. The summed E-state index contributed by atoms with van der Waals surface area (Å²) < 4.78 is 5.54. The molecule has 2 nitrogen and oxygen atoms in total. The number of hydrogen-bond acceptors (Lipinski definition) is 3. The molecule has 1 aromatic rings. The fraction of sp³-hybridized carbons (Fsp3) is 0.462. The Kier molecular flexibility index (Phi) is 3.88. The highest BCUT2D eigenvalue weighted by Gasteiger charge is 2.12. The van der Waals surface area contributed by atoms with Crippen LogP contribution in [0.15, 0.2) is 23.1 Å². The summed E-state index contributed by atoms with van der Waals surface area (Å²) in [4.78, 5) is 12.6. The lowest BCUT2D eigenvalue weighted by molar-refractivity contribution is -0.111. The molecule has 0 bridgehead atoms. The van der Waals surface area contributed by atoms with Crippen LogP contribution in [0, 0.1) is 0 Å². The molecule has 0 fully saturated rings. The summed E-state index contributed by atoms with van der Waals surface area (Å²) in [6, 6.07) is 6.05. The predicted octanol–water partition coefficient (Wildman–Crippen LogP) is 3.43. The Balaban J connectivity index is 2.08. The first kappa shape index (κ1) is 11.5. The van der Waals surface area contributed by atoms with Gasteiger partial charge in [0.05, 0.1) is 6.61 Å². The van der Waals surface area contributed by atoms with E-state index in [0.717, 1.165) is 36.5 Å². The number of ether oxygens (including phenoxy) is 1. The van der Waals surface area contributed by atoms with Gasteiger partial charge in [-0.1, -0.05) is 18.7 Å². The van der Waals surface area contributed by atoms with E-state index in [1.807, 2.05) is 19.1 Å². The van der Waals surface area contributed by atoms with E-state index in [0.29, 0.717) is 6.42 Å². The summed E-state index contributed by atoms with van der Waals surface area (Å²) in [5.41, 5.74) is 1.24. The van der Waals surface area contributed by atoms with E-state index < -0.39 is 0 Å². The Morgan fingerprint density at radius 3 is 3.19 bits per heavy atom. The summed E-state index contributed by atoms with van der Waals surface area (Å²) >= 11 is 1.35. The van der Waals surface area contributed by atoms with Crippen molar-refractivity contribution in [1.29, 1.82) is 0 Å². The number of hydrogen-bond donors (Lipinski definition) is 0. The lowest BCUT2D eigenvalue weighted by Gasteiger charge is -2.17. The summed E-state index contributed by atoms with van der Waals surface area (Å²) in [5, 5.41) is 0.249. The van der Waals surface area contributed by atoms with Crippen LogP contribution in [-0.2, 0) is 11.2 Å². The van der Waals surface area contributed by atoms with Crippen molar-refractivity contribution < 1.29 is 9.53 Å². The van der Waals surface area contributed by atoms with Gasteiger partial charge >= 0.3 is 0 Å². The number of rotatable bonds is 3. The van der Waals surface area contributed by atoms with Gasteiger partial charge in [-0.2, -0.15) is 0 Å². The van der Waals surface area contributed by atoms with Crippen molar-refractivity contribution in [2.45, 2.75) is 37.5 Å². The molecule has 0 radical (unpaired) electrons. The largest absolute Gasteiger partial charge is 0.493 e. The zero-order valence-corrected chi connectivity index (χ0v) is 10.3. The Morgan fingerprint density at radius 1 is 1.50 bits per heavy atom. The number of thioether (sulfide) groups is 1. The van der Waals surface area contributed by atoms with Gasteiger partial charge in [0.2, 0.25) is 0 Å². The molecule has 0 aliphatic carbocycles. The van der Waals surface area contributed by atoms with Gasteiger partial charge < -0.3 is 4.74 Å². The van der Waals surface area contributed by atoms with Crippen molar-refractivity contribution in [2.24, 2.45) is 0 Å². The van der Waals surface area contributed by atoms with Crippen LogP contribution in [0.5, 0.6) is 5.75 Å². The van der Waals surface area contributed by atoms with Gasteiger partial charge in [-0.15, -0.1) is 0 Å². The number of carbonyl (C=O) groups excluding carboxylic acids is 1. The van der Waals surface area contributed by atoms with Crippen molar-refractivity contribution in [3.8, 4) is 5.75 Å². The van der Waals surface area contributed by atoms with E-state index >= 15 is 0 Å². The molecule has 3 heteroatoms. The standard InChI is InChI=1S/C13H16O2S/c1-2-4-13(14)16-11-6-7-12-10(9-11)5-3-8-15-12/h6-7,9H,2-5,8H2,1H3. The molecule has 0 aromatic heterocycles. The molecule has 1 aromatic carbocycles. The Hall–Kier alpha value is -0.960. The second-order valence-electron chi connectivity index (χ2n) is 3.95. The molecule has 0 N–H and O–H groups in total. The topological polar surface area (TPSA) is 26.3 Å². The van der Waals surface area contributed by atoms with Crippen LogP contribution in [0.4, 0.5) is 0 Å². The summed E-state index contributed by atoms with van der Waals surface area (Å²) in [6.07, 6.45) is 3.70. The van der Waals surface area contributed by atoms with Gasteiger partial charge in [0, 0.05) is 11.3 Å². The smallest absolute Gasteiger partial charge is 0.193 e. The molecule has 0 atom stereocenters. The normalized spacial score (nSPS) is 14.1. The van der Waals surface area contributed by atoms with Crippen molar-refractivity contribution in [2.75, 3.05) is 6.61 Å². The Bertz CT molecular complexity index is 388. The third-order valence-electron chi connectivity index (χ3n) is 2.57. The molecule has 0 saturated heterocycles. The summed E-state index contributed by atoms with van der Waals surface area (Å²) in [6.45, 7) is 2.84. The van der Waals surface area contributed by atoms with Crippen LogP contribution in [0.1, 0.15) is 31.7 Å². The second-order valence-corrected chi connectivity index (χ2v) is 5.08. The molecule has 1 aliphatic rings. The maximum atomic E-state index is 11.5. The van der Waals surface area contributed by atoms with E-state index in [4.69, 9.17) is 4.74 Å². The minimum absolute atomic E-state index is 0.249. The van der Waals surface area contributed by atoms with E-state index in [1.54, 1.807) is 0 Å². The maximum absolute atomic E-state index is 11.5. The number of aryl methyl sites for hydroxylation is 1. The van der Waals surface area contributed by atoms with Gasteiger partial charge in [0.15, 0.2) is 5.12 Å². The summed E-state index contributed by atoms with van der Waals surface area (Å²) in [7, 11) is 0. The number of benzene rings is 1. The first-order valence-electron chi connectivity index (χ1n) is 5.76. The first-order chi connectivity index (χ1) is 7.79. The molecule has 2 rings (SSSR count). The molecule has 0 unspecified atom stereocenters.